The lowest BCUT2D eigenvalue weighted by atomic mass is 10.1. The van der Waals surface area contributed by atoms with Crippen LogP contribution in [-0.4, -0.2) is 77.8 Å². The quantitative estimate of drug-likeness (QED) is 0.118. The molecule has 17 heteroatoms. The van der Waals surface area contributed by atoms with Gasteiger partial charge in [-0.3, -0.25) is 19.2 Å². The number of sulfonamides is 1. The number of aromatic nitrogens is 1. The third-order valence-electron chi connectivity index (χ3n) is 8.58. The first kappa shape index (κ1) is 40.9. The van der Waals surface area contributed by atoms with Crippen molar-refractivity contribution in [2.45, 2.75) is 9.79 Å². The van der Waals surface area contributed by atoms with Crippen molar-refractivity contribution < 1.29 is 53.5 Å². The summed E-state index contributed by atoms with van der Waals surface area (Å²) in [5.41, 5.74) is 2.01. The van der Waals surface area contributed by atoms with E-state index in [0.717, 1.165) is 49.0 Å². The van der Waals surface area contributed by atoms with Crippen molar-refractivity contribution in [1.29, 1.82) is 0 Å². The molecule has 0 spiro atoms. The molecule has 0 aliphatic carbocycles. The van der Waals surface area contributed by atoms with Crippen molar-refractivity contribution in [3.05, 3.63) is 133 Å². The number of morpholine rings is 1. The standard InChI is InChI=1S/C28H26F3N3O6S.C12H10O3S/c1-37-26-16-20-23(17-27(26)39-13-10-34-8-11-38-12-9-34)32-7-6-24(20)40-25-4-3-19(15-21(25)30)33-41(35,36)28-5-2-18(29)14-22(28)31;13-16(14,15)12-8-4-7-11(9-12)10-5-2-1-3-6-10/h2-7,14-17,33H,8-13H2,1H3;1-9H,(H,13,14,15). The summed E-state index contributed by atoms with van der Waals surface area (Å²) >= 11 is 0. The van der Waals surface area contributed by atoms with Crippen molar-refractivity contribution in [2.24, 2.45) is 0 Å². The van der Waals surface area contributed by atoms with E-state index in [1.807, 2.05) is 30.3 Å². The van der Waals surface area contributed by atoms with Gasteiger partial charge in [-0.2, -0.15) is 8.42 Å². The molecule has 0 bridgehead atoms. The van der Waals surface area contributed by atoms with Crippen LogP contribution in [0.3, 0.4) is 0 Å². The minimum atomic E-state index is -4.44. The number of halogens is 3. The van der Waals surface area contributed by atoms with Gasteiger partial charge in [-0.1, -0.05) is 42.5 Å². The van der Waals surface area contributed by atoms with E-state index in [1.54, 1.807) is 30.3 Å². The van der Waals surface area contributed by atoms with Crippen LogP contribution in [0, 0.1) is 17.5 Å². The topological polar surface area (TPSA) is 154 Å². The van der Waals surface area contributed by atoms with E-state index in [9.17, 15) is 30.0 Å². The number of rotatable bonds is 12. The Morgan fingerprint density at radius 3 is 2.23 bits per heavy atom. The molecule has 12 nitrogen and oxygen atoms in total. The highest BCUT2D eigenvalue weighted by Gasteiger charge is 2.21. The molecular formula is C40H36F3N3O9S2. The first-order valence-corrected chi connectivity index (χ1v) is 20.2. The summed E-state index contributed by atoms with van der Waals surface area (Å²) in [6.07, 6.45) is 1.50. The molecule has 7 rings (SSSR count). The van der Waals surface area contributed by atoms with Crippen LogP contribution in [0.1, 0.15) is 0 Å². The van der Waals surface area contributed by atoms with Gasteiger partial charge in [-0.15, -0.1) is 0 Å². The van der Waals surface area contributed by atoms with E-state index in [-0.39, 0.29) is 22.1 Å². The zero-order valence-electron chi connectivity index (χ0n) is 30.3. The Balaban J connectivity index is 0.000000286. The van der Waals surface area contributed by atoms with Gasteiger partial charge in [0.15, 0.2) is 23.1 Å². The molecule has 1 saturated heterocycles. The molecule has 2 heterocycles. The molecule has 0 saturated carbocycles. The average Bonchev–Trinajstić information content (AvgIpc) is 3.19. The maximum atomic E-state index is 15.0. The van der Waals surface area contributed by atoms with Gasteiger partial charge < -0.3 is 18.9 Å². The Morgan fingerprint density at radius 2 is 1.53 bits per heavy atom. The maximum Gasteiger partial charge on any atom is 0.294 e. The summed E-state index contributed by atoms with van der Waals surface area (Å²) < 4.78 is 123. The number of hydrogen-bond donors (Lipinski definition) is 2. The summed E-state index contributed by atoms with van der Waals surface area (Å²) in [7, 11) is -7.07. The second-order valence-corrected chi connectivity index (χ2v) is 15.5. The van der Waals surface area contributed by atoms with Crippen LogP contribution in [0.25, 0.3) is 22.0 Å². The van der Waals surface area contributed by atoms with Gasteiger partial charge in [0, 0.05) is 49.4 Å². The maximum absolute atomic E-state index is 15.0. The number of methoxy groups -OCH3 is 1. The Hall–Kier alpha value is -5.72. The highest BCUT2D eigenvalue weighted by Crippen LogP contribution is 2.38. The Bertz CT molecular complexity index is 2580. The molecule has 0 radical (unpaired) electrons. The summed E-state index contributed by atoms with van der Waals surface area (Å²) in [5, 5.41) is 0.529. The SMILES string of the molecule is COc1cc2c(Oc3ccc(NS(=O)(=O)c4ccc(F)cc4F)cc3F)ccnc2cc1OCCN1CCOCC1.O=S(=O)(O)c1cccc(-c2ccccc2)c1. The first-order valence-electron chi connectivity index (χ1n) is 17.3. The Morgan fingerprint density at radius 1 is 0.772 bits per heavy atom. The monoisotopic (exact) mass is 823 g/mol. The van der Waals surface area contributed by atoms with Gasteiger partial charge in [-0.05, 0) is 59.7 Å². The smallest absolute Gasteiger partial charge is 0.294 e. The van der Waals surface area contributed by atoms with Crippen molar-refractivity contribution in [2.75, 3.05) is 51.3 Å². The molecule has 0 atom stereocenters. The van der Waals surface area contributed by atoms with E-state index in [2.05, 4.69) is 14.6 Å². The molecule has 298 valence electrons. The van der Waals surface area contributed by atoms with Crippen LogP contribution >= 0.6 is 0 Å². The number of nitrogens with one attached hydrogen (secondary N) is 1. The lowest BCUT2D eigenvalue weighted by Crippen LogP contribution is -2.38. The summed E-state index contributed by atoms with van der Waals surface area (Å²) in [6, 6.07) is 25.9. The predicted octanol–water partition coefficient (Wildman–Crippen LogP) is 7.57. The molecule has 6 aromatic rings. The van der Waals surface area contributed by atoms with Crippen molar-refractivity contribution >= 4 is 36.7 Å². The zero-order chi connectivity index (χ0) is 40.6. The van der Waals surface area contributed by atoms with Crippen molar-refractivity contribution in [3.8, 4) is 34.1 Å². The Kier molecular flexibility index (Phi) is 13.0. The summed E-state index contributed by atoms with van der Waals surface area (Å²) in [6.45, 7) is 4.24. The molecule has 1 fully saturated rings. The van der Waals surface area contributed by atoms with Crippen LogP contribution in [0.15, 0.2) is 125 Å². The molecule has 0 amide bonds. The van der Waals surface area contributed by atoms with E-state index in [1.165, 1.54) is 37.6 Å². The van der Waals surface area contributed by atoms with Crippen LogP contribution in [0.2, 0.25) is 0 Å². The minimum Gasteiger partial charge on any atom is -0.493 e. The Labute approximate surface area is 327 Å². The van der Waals surface area contributed by atoms with Crippen LogP contribution in [-0.2, 0) is 24.9 Å². The van der Waals surface area contributed by atoms with Gasteiger partial charge >= 0.3 is 0 Å². The summed E-state index contributed by atoms with van der Waals surface area (Å²) in [5.74, 6) is -2.07. The lowest BCUT2D eigenvalue weighted by molar-refractivity contribution is 0.0321. The second kappa shape index (κ2) is 18.0. The fourth-order valence-corrected chi connectivity index (χ4v) is 7.37. The molecule has 1 aliphatic rings. The van der Waals surface area contributed by atoms with Gasteiger partial charge in [-0.25, -0.2) is 21.6 Å². The van der Waals surface area contributed by atoms with Crippen molar-refractivity contribution in [3.63, 3.8) is 0 Å². The number of ether oxygens (including phenoxy) is 4. The zero-order valence-corrected chi connectivity index (χ0v) is 31.9. The molecule has 1 aromatic heterocycles. The van der Waals surface area contributed by atoms with Gasteiger partial charge in [0.2, 0.25) is 0 Å². The molecule has 5 aromatic carbocycles. The number of nitrogens with zero attached hydrogens (tertiary/aromatic N) is 2. The normalized spacial score (nSPS) is 13.4. The largest absolute Gasteiger partial charge is 0.493 e. The first-order chi connectivity index (χ1) is 27.3. The number of pyridine rings is 1. The van der Waals surface area contributed by atoms with E-state index in [4.69, 9.17) is 23.5 Å². The average molecular weight is 824 g/mol. The number of hydrogen-bond acceptors (Lipinski definition) is 10. The molecule has 0 unspecified atom stereocenters. The molecule has 57 heavy (non-hydrogen) atoms. The second-order valence-electron chi connectivity index (χ2n) is 12.4. The van der Waals surface area contributed by atoms with Crippen molar-refractivity contribution in [1.82, 2.24) is 9.88 Å². The predicted molar refractivity (Wildman–Crippen MR) is 206 cm³/mol. The highest BCUT2D eigenvalue weighted by atomic mass is 32.2. The number of benzene rings is 5. The van der Waals surface area contributed by atoms with E-state index < -0.39 is 42.5 Å². The van der Waals surface area contributed by atoms with Gasteiger partial charge in [0.1, 0.15) is 28.9 Å². The number of fused-ring (bicyclic) bond motifs is 1. The fourth-order valence-electron chi connectivity index (χ4n) is 5.73. The lowest BCUT2D eigenvalue weighted by Gasteiger charge is -2.26. The van der Waals surface area contributed by atoms with Crippen LogP contribution in [0.4, 0.5) is 18.9 Å². The third kappa shape index (κ3) is 10.6. The molecule has 2 N–H and O–H groups in total. The third-order valence-corrected chi connectivity index (χ3v) is 10.8. The highest BCUT2D eigenvalue weighted by molar-refractivity contribution is 7.92. The number of anilines is 1. The van der Waals surface area contributed by atoms with Gasteiger partial charge in [0.05, 0.1) is 36.4 Å². The fraction of sp³-hybridized carbons (Fsp3) is 0.175. The molecular weight excluding hydrogens is 788 g/mol. The van der Waals surface area contributed by atoms with E-state index >= 15 is 0 Å². The summed E-state index contributed by atoms with van der Waals surface area (Å²) in [4.78, 5) is 5.75. The molecule has 1 aliphatic heterocycles. The van der Waals surface area contributed by atoms with Crippen LogP contribution < -0.4 is 18.9 Å². The minimum absolute atomic E-state index is 0.0890. The van der Waals surface area contributed by atoms with E-state index in [0.29, 0.717) is 48.3 Å². The van der Waals surface area contributed by atoms with Gasteiger partial charge in [0.25, 0.3) is 20.1 Å². The van der Waals surface area contributed by atoms with Crippen LogP contribution in [0.5, 0.6) is 23.0 Å².